The molecule has 112 valence electrons. The van der Waals surface area contributed by atoms with Crippen LogP contribution in [0.25, 0.3) is 0 Å². The summed E-state index contributed by atoms with van der Waals surface area (Å²) < 4.78 is 0. The predicted octanol–water partition coefficient (Wildman–Crippen LogP) is 1.98. The van der Waals surface area contributed by atoms with E-state index in [0.29, 0.717) is 18.2 Å². The summed E-state index contributed by atoms with van der Waals surface area (Å²) in [5, 5.41) is 9.56. The van der Waals surface area contributed by atoms with Gasteiger partial charge in [0.15, 0.2) is 0 Å². The SMILES string of the molecule is CC(O)CN(Cc1cccc(C(=O)N(C)C)c1)C(C)C. The van der Waals surface area contributed by atoms with Gasteiger partial charge < -0.3 is 10.0 Å². The smallest absolute Gasteiger partial charge is 0.253 e. The van der Waals surface area contributed by atoms with Crippen LogP contribution in [0.5, 0.6) is 0 Å². The topological polar surface area (TPSA) is 43.8 Å². The van der Waals surface area contributed by atoms with Gasteiger partial charge in [-0.2, -0.15) is 0 Å². The summed E-state index contributed by atoms with van der Waals surface area (Å²) >= 11 is 0. The summed E-state index contributed by atoms with van der Waals surface area (Å²) in [6.45, 7) is 7.37. The van der Waals surface area contributed by atoms with Crippen molar-refractivity contribution >= 4 is 5.91 Å². The Kier molecular flexibility index (Phi) is 6.17. The zero-order valence-corrected chi connectivity index (χ0v) is 13.1. The molecule has 0 heterocycles. The first-order valence-corrected chi connectivity index (χ1v) is 7.04. The third-order valence-corrected chi connectivity index (χ3v) is 3.19. The quantitative estimate of drug-likeness (QED) is 0.865. The molecule has 0 radical (unpaired) electrons. The minimum absolute atomic E-state index is 0.0125. The molecule has 1 amide bonds. The first-order chi connectivity index (χ1) is 9.31. The van der Waals surface area contributed by atoms with Crippen molar-refractivity contribution in [3.8, 4) is 0 Å². The number of benzene rings is 1. The van der Waals surface area contributed by atoms with E-state index in [1.807, 2.05) is 24.3 Å². The standard InChI is InChI=1S/C16H26N2O2/c1-12(2)18(10-13(3)19)11-14-7-6-8-15(9-14)16(20)17(4)5/h6-9,12-13,19H,10-11H2,1-5H3. The molecule has 0 saturated heterocycles. The Morgan fingerprint density at radius 3 is 2.40 bits per heavy atom. The number of hydrogen-bond donors (Lipinski definition) is 1. The molecule has 4 heteroatoms. The maximum atomic E-state index is 12.0. The Labute approximate surface area is 122 Å². The van der Waals surface area contributed by atoms with Crippen molar-refractivity contribution in [1.29, 1.82) is 0 Å². The highest BCUT2D eigenvalue weighted by Gasteiger charge is 2.14. The van der Waals surface area contributed by atoms with Gasteiger partial charge in [-0.05, 0) is 38.5 Å². The Morgan fingerprint density at radius 1 is 1.25 bits per heavy atom. The van der Waals surface area contributed by atoms with Crippen LogP contribution in [0, 0.1) is 0 Å². The van der Waals surface area contributed by atoms with Gasteiger partial charge in [-0.15, -0.1) is 0 Å². The van der Waals surface area contributed by atoms with Crippen LogP contribution < -0.4 is 0 Å². The van der Waals surface area contributed by atoms with Crippen molar-refractivity contribution in [1.82, 2.24) is 9.80 Å². The maximum absolute atomic E-state index is 12.0. The van der Waals surface area contributed by atoms with Gasteiger partial charge in [0.1, 0.15) is 0 Å². The Balaban J connectivity index is 2.86. The van der Waals surface area contributed by atoms with E-state index < -0.39 is 0 Å². The van der Waals surface area contributed by atoms with Crippen molar-refractivity contribution in [2.75, 3.05) is 20.6 Å². The lowest BCUT2D eigenvalue weighted by Gasteiger charge is -2.28. The van der Waals surface area contributed by atoms with E-state index in [0.717, 1.165) is 12.1 Å². The van der Waals surface area contributed by atoms with E-state index in [-0.39, 0.29) is 12.0 Å². The molecule has 0 aromatic heterocycles. The summed E-state index contributed by atoms with van der Waals surface area (Å²) in [6.07, 6.45) is -0.357. The van der Waals surface area contributed by atoms with Crippen LogP contribution >= 0.6 is 0 Å². The third kappa shape index (κ3) is 4.94. The Hall–Kier alpha value is -1.39. The molecule has 1 N–H and O–H groups in total. The number of hydrogen-bond acceptors (Lipinski definition) is 3. The highest BCUT2D eigenvalue weighted by atomic mass is 16.3. The molecule has 0 aliphatic heterocycles. The van der Waals surface area contributed by atoms with Gasteiger partial charge in [-0.1, -0.05) is 12.1 Å². The lowest BCUT2D eigenvalue weighted by atomic mass is 10.1. The number of carbonyl (C=O) groups excluding carboxylic acids is 1. The molecule has 0 aliphatic carbocycles. The van der Waals surface area contributed by atoms with Crippen LogP contribution in [0.15, 0.2) is 24.3 Å². The fourth-order valence-electron chi connectivity index (χ4n) is 2.09. The molecule has 1 aromatic rings. The molecule has 20 heavy (non-hydrogen) atoms. The third-order valence-electron chi connectivity index (χ3n) is 3.19. The van der Waals surface area contributed by atoms with E-state index in [2.05, 4.69) is 18.7 Å². The number of nitrogens with zero attached hydrogens (tertiary/aromatic N) is 2. The monoisotopic (exact) mass is 278 g/mol. The van der Waals surface area contributed by atoms with Crippen LogP contribution in [-0.2, 0) is 6.54 Å². The van der Waals surface area contributed by atoms with Gasteiger partial charge >= 0.3 is 0 Å². The van der Waals surface area contributed by atoms with Crippen LogP contribution in [-0.4, -0.2) is 53.6 Å². The second-order valence-electron chi connectivity index (χ2n) is 5.77. The summed E-state index contributed by atoms with van der Waals surface area (Å²) in [4.78, 5) is 15.7. The Bertz CT molecular complexity index is 442. The summed E-state index contributed by atoms with van der Waals surface area (Å²) in [7, 11) is 3.51. The predicted molar refractivity (Wildman–Crippen MR) is 81.7 cm³/mol. The number of aliphatic hydroxyl groups is 1. The zero-order chi connectivity index (χ0) is 15.3. The van der Waals surface area contributed by atoms with Crippen LogP contribution in [0.4, 0.5) is 0 Å². The number of carbonyl (C=O) groups is 1. The van der Waals surface area contributed by atoms with Gasteiger partial charge in [0.05, 0.1) is 6.10 Å². The van der Waals surface area contributed by atoms with E-state index in [4.69, 9.17) is 0 Å². The van der Waals surface area contributed by atoms with E-state index in [1.165, 1.54) is 0 Å². The number of rotatable bonds is 6. The zero-order valence-electron chi connectivity index (χ0n) is 13.1. The summed E-state index contributed by atoms with van der Waals surface area (Å²) in [5.41, 5.74) is 1.79. The van der Waals surface area contributed by atoms with Crippen molar-refractivity contribution in [3.63, 3.8) is 0 Å². The fourth-order valence-corrected chi connectivity index (χ4v) is 2.09. The molecule has 0 fully saturated rings. The van der Waals surface area contributed by atoms with Crippen molar-refractivity contribution in [2.45, 2.75) is 39.5 Å². The van der Waals surface area contributed by atoms with Gasteiger partial charge in [-0.3, -0.25) is 9.69 Å². The molecule has 4 nitrogen and oxygen atoms in total. The van der Waals surface area contributed by atoms with E-state index in [9.17, 15) is 9.90 Å². The Morgan fingerprint density at radius 2 is 1.90 bits per heavy atom. The minimum Gasteiger partial charge on any atom is -0.392 e. The molecular formula is C16H26N2O2. The fraction of sp³-hybridized carbons (Fsp3) is 0.562. The molecule has 0 aliphatic rings. The average molecular weight is 278 g/mol. The van der Waals surface area contributed by atoms with Gasteiger partial charge in [-0.25, -0.2) is 0 Å². The minimum atomic E-state index is -0.357. The van der Waals surface area contributed by atoms with E-state index in [1.54, 1.807) is 25.9 Å². The first-order valence-electron chi connectivity index (χ1n) is 7.04. The molecular weight excluding hydrogens is 252 g/mol. The largest absolute Gasteiger partial charge is 0.392 e. The molecule has 1 rings (SSSR count). The highest BCUT2D eigenvalue weighted by molar-refractivity contribution is 5.94. The number of amides is 1. The second-order valence-corrected chi connectivity index (χ2v) is 5.77. The second kappa shape index (κ2) is 7.41. The lowest BCUT2D eigenvalue weighted by Crippen LogP contribution is -2.36. The maximum Gasteiger partial charge on any atom is 0.253 e. The van der Waals surface area contributed by atoms with Gasteiger partial charge in [0, 0.05) is 38.8 Å². The number of aliphatic hydroxyl groups excluding tert-OH is 1. The van der Waals surface area contributed by atoms with Crippen molar-refractivity contribution in [3.05, 3.63) is 35.4 Å². The van der Waals surface area contributed by atoms with Crippen molar-refractivity contribution < 1.29 is 9.90 Å². The van der Waals surface area contributed by atoms with Crippen LogP contribution in [0.3, 0.4) is 0 Å². The molecule has 0 saturated carbocycles. The molecule has 1 atom stereocenters. The van der Waals surface area contributed by atoms with Gasteiger partial charge in [0.2, 0.25) is 0 Å². The van der Waals surface area contributed by atoms with Crippen molar-refractivity contribution in [2.24, 2.45) is 0 Å². The highest BCUT2D eigenvalue weighted by Crippen LogP contribution is 2.12. The van der Waals surface area contributed by atoms with Gasteiger partial charge in [0.25, 0.3) is 5.91 Å². The summed E-state index contributed by atoms with van der Waals surface area (Å²) in [5.74, 6) is 0.0125. The lowest BCUT2D eigenvalue weighted by molar-refractivity contribution is 0.0826. The molecule has 1 unspecified atom stereocenters. The van der Waals surface area contributed by atoms with E-state index >= 15 is 0 Å². The molecule has 1 aromatic carbocycles. The van der Waals surface area contributed by atoms with Crippen LogP contribution in [0.2, 0.25) is 0 Å². The summed E-state index contributed by atoms with van der Waals surface area (Å²) in [6, 6.07) is 8.04. The molecule has 0 bridgehead atoms. The average Bonchev–Trinajstić information content (AvgIpc) is 2.36. The molecule has 0 spiro atoms. The van der Waals surface area contributed by atoms with Crippen LogP contribution in [0.1, 0.15) is 36.7 Å². The first kappa shape index (κ1) is 16.7. The normalized spacial score (nSPS) is 12.8.